The van der Waals surface area contributed by atoms with Gasteiger partial charge in [-0.2, -0.15) is 0 Å². The number of rotatable bonds is 6. The highest BCUT2D eigenvalue weighted by Gasteiger charge is 2.34. The average Bonchev–Trinajstić information content (AvgIpc) is 2.47. The minimum atomic E-state index is -3.62. The van der Waals surface area contributed by atoms with Crippen molar-refractivity contribution in [2.24, 2.45) is 5.73 Å². The summed E-state index contributed by atoms with van der Waals surface area (Å²) < 4.78 is 29.5. The van der Waals surface area contributed by atoms with E-state index >= 15 is 0 Å². The third kappa shape index (κ3) is 6.30. The minimum absolute atomic E-state index is 0.0587. The Morgan fingerprint density at radius 1 is 0.815 bits per heavy atom. The van der Waals surface area contributed by atoms with E-state index in [1.165, 1.54) is 5.56 Å². The van der Waals surface area contributed by atoms with E-state index in [2.05, 4.69) is 79.2 Å². The molecule has 27 heavy (non-hydrogen) atoms. The Morgan fingerprint density at radius 2 is 1.26 bits per heavy atom. The van der Waals surface area contributed by atoms with Crippen LogP contribution in [-0.2, 0) is 26.3 Å². The molecule has 1 rings (SSSR count). The molecule has 0 aromatic heterocycles. The van der Waals surface area contributed by atoms with Crippen molar-refractivity contribution in [3.63, 3.8) is 0 Å². The van der Waals surface area contributed by atoms with Gasteiger partial charge in [-0.05, 0) is 52.3 Å². The van der Waals surface area contributed by atoms with Crippen LogP contribution >= 0.6 is 0 Å². The molecule has 0 radical (unpaired) electrons. The fourth-order valence-electron chi connectivity index (χ4n) is 3.01. The summed E-state index contributed by atoms with van der Waals surface area (Å²) in [6.07, 6.45) is 1.55. The Hall–Kier alpha value is -0.910. The summed E-state index contributed by atoms with van der Waals surface area (Å²) in [5.41, 5.74) is 7.82. The highest BCUT2D eigenvalue weighted by molar-refractivity contribution is 7.89. The maximum absolute atomic E-state index is 13.3. The van der Waals surface area contributed by atoms with Gasteiger partial charge in [0.05, 0.1) is 4.90 Å². The highest BCUT2D eigenvalue weighted by atomic mass is 32.2. The van der Waals surface area contributed by atoms with E-state index in [9.17, 15) is 8.42 Å². The van der Waals surface area contributed by atoms with Crippen molar-refractivity contribution < 1.29 is 8.42 Å². The normalized spacial score (nSPS) is 13.9. The summed E-state index contributed by atoms with van der Waals surface area (Å²) >= 11 is 0. The molecule has 0 atom stereocenters. The molecule has 0 spiro atoms. The number of sulfonamides is 1. The molecule has 0 aliphatic rings. The first-order chi connectivity index (χ1) is 12.0. The Kier molecular flexibility index (Phi) is 7.34. The molecule has 0 amide bonds. The summed E-state index contributed by atoms with van der Waals surface area (Å²) in [7, 11) is -3.62. The molecule has 0 heterocycles. The molecule has 5 heteroatoms. The monoisotopic (exact) mass is 396 g/mol. The maximum atomic E-state index is 13.3. The van der Waals surface area contributed by atoms with Gasteiger partial charge in [0.2, 0.25) is 10.0 Å². The summed E-state index contributed by atoms with van der Waals surface area (Å²) in [5.74, 6) is 0. The van der Waals surface area contributed by atoms with E-state index in [-0.39, 0.29) is 16.2 Å². The third-order valence-corrected chi connectivity index (χ3v) is 6.32. The standard InChI is InChI=1S/C22H40N2O2S/c1-20(2,3)16-14-17(21(4,5)6)19(18(15-16)22(7,8)9)27(25,26)24-13-11-10-12-23/h14-15,24H,10-13,23H2,1-9H3. The van der Waals surface area contributed by atoms with Crippen molar-refractivity contribution in [3.05, 3.63) is 28.8 Å². The molecule has 0 saturated heterocycles. The predicted octanol–water partition coefficient (Wildman–Crippen LogP) is 4.60. The minimum Gasteiger partial charge on any atom is -0.330 e. The summed E-state index contributed by atoms with van der Waals surface area (Å²) in [6.45, 7) is 20.0. The number of unbranched alkanes of at least 4 members (excludes halogenated alkanes) is 1. The molecule has 1 aromatic carbocycles. The molecule has 1 aromatic rings. The zero-order chi connectivity index (χ0) is 21.3. The molecule has 0 fully saturated rings. The van der Waals surface area contributed by atoms with Gasteiger partial charge in [-0.3, -0.25) is 0 Å². The second kappa shape index (κ2) is 8.22. The number of nitrogens with two attached hydrogens (primary N) is 1. The lowest BCUT2D eigenvalue weighted by atomic mass is 9.75. The van der Waals surface area contributed by atoms with Gasteiger partial charge < -0.3 is 5.73 Å². The average molecular weight is 397 g/mol. The Bertz CT molecular complexity index is 711. The second-order valence-electron chi connectivity index (χ2n) is 10.5. The van der Waals surface area contributed by atoms with Crippen LogP contribution in [0.4, 0.5) is 0 Å². The fourth-order valence-corrected chi connectivity index (χ4v) is 4.88. The van der Waals surface area contributed by atoms with Gasteiger partial charge in [0.1, 0.15) is 0 Å². The van der Waals surface area contributed by atoms with E-state index < -0.39 is 10.0 Å². The molecule has 0 unspecified atom stereocenters. The lowest BCUT2D eigenvalue weighted by molar-refractivity contribution is 0.515. The quantitative estimate of drug-likeness (QED) is 0.690. The van der Waals surface area contributed by atoms with Gasteiger partial charge in [-0.1, -0.05) is 74.4 Å². The van der Waals surface area contributed by atoms with Crippen molar-refractivity contribution in [1.82, 2.24) is 4.72 Å². The lowest BCUT2D eigenvalue weighted by Crippen LogP contribution is -2.32. The van der Waals surface area contributed by atoms with Gasteiger partial charge in [0.25, 0.3) is 0 Å². The first-order valence-electron chi connectivity index (χ1n) is 9.91. The van der Waals surface area contributed by atoms with Crippen LogP contribution in [-0.4, -0.2) is 21.5 Å². The first-order valence-corrected chi connectivity index (χ1v) is 11.4. The van der Waals surface area contributed by atoms with Crippen LogP contribution in [0.15, 0.2) is 17.0 Å². The molecule has 3 N–H and O–H groups in total. The van der Waals surface area contributed by atoms with Crippen molar-refractivity contribution in [1.29, 1.82) is 0 Å². The number of benzene rings is 1. The molecule has 0 aliphatic carbocycles. The SMILES string of the molecule is CC(C)(C)c1cc(C(C)(C)C)c(S(=O)(=O)NCCCCN)c(C(C)(C)C)c1. The van der Waals surface area contributed by atoms with Gasteiger partial charge in [0.15, 0.2) is 0 Å². The zero-order valence-electron chi connectivity index (χ0n) is 18.8. The van der Waals surface area contributed by atoms with Gasteiger partial charge in [-0.15, -0.1) is 0 Å². The van der Waals surface area contributed by atoms with Crippen molar-refractivity contribution in [3.8, 4) is 0 Å². The number of nitrogens with one attached hydrogen (secondary N) is 1. The fraction of sp³-hybridized carbons (Fsp3) is 0.727. The van der Waals surface area contributed by atoms with Crippen LogP contribution < -0.4 is 10.5 Å². The summed E-state index contributed by atoms with van der Waals surface area (Å²) in [6, 6.07) is 4.17. The van der Waals surface area contributed by atoms with E-state index in [1.807, 2.05) is 0 Å². The van der Waals surface area contributed by atoms with Gasteiger partial charge in [0, 0.05) is 6.54 Å². The van der Waals surface area contributed by atoms with E-state index in [4.69, 9.17) is 5.73 Å². The van der Waals surface area contributed by atoms with E-state index in [0.717, 1.165) is 24.0 Å². The van der Waals surface area contributed by atoms with Gasteiger partial charge >= 0.3 is 0 Å². The second-order valence-corrected chi connectivity index (χ2v) is 12.2. The Morgan fingerprint density at radius 3 is 1.59 bits per heavy atom. The summed E-state index contributed by atoms with van der Waals surface area (Å²) in [5, 5.41) is 0. The highest BCUT2D eigenvalue weighted by Crippen LogP contribution is 2.40. The van der Waals surface area contributed by atoms with Crippen molar-refractivity contribution >= 4 is 10.0 Å². The van der Waals surface area contributed by atoms with Crippen LogP contribution in [0.25, 0.3) is 0 Å². The van der Waals surface area contributed by atoms with Crippen LogP contribution in [0.2, 0.25) is 0 Å². The van der Waals surface area contributed by atoms with Gasteiger partial charge in [-0.25, -0.2) is 13.1 Å². The Labute approximate surface area is 167 Å². The molecule has 4 nitrogen and oxygen atoms in total. The number of hydrogen-bond donors (Lipinski definition) is 2. The molecule has 0 aliphatic heterocycles. The largest absolute Gasteiger partial charge is 0.330 e. The van der Waals surface area contributed by atoms with Crippen molar-refractivity contribution in [2.75, 3.05) is 13.1 Å². The maximum Gasteiger partial charge on any atom is 0.241 e. The molecule has 156 valence electrons. The number of hydrogen-bond acceptors (Lipinski definition) is 3. The Balaban J connectivity index is 3.74. The predicted molar refractivity (Wildman–Crippen MR) is 116 cm³/mol. The van der Waals surface area contributed by atoms with Crippen LogP contribution in [0.3, 0.4) is 0 Å². The van der Waals surface area contributed by atoms with Crippen LogP contribution in [0.1, 0.15) is 91.8 Å². The van der Waals surface area contributed by atoms with Crippen LogP contribution in [0.5, 0.6) is 0 Å². The molecular weight excluding hydrogens is 356 g/mol. The zero-order valence-corrected chi connectivity index (χ0v) is 19.6. The topological polar surface area (TPSA) is 72.2 Å². The lowest BCUT2D eigenvalue weighted by Gasteiger charge is -2.33. The third-order valence-electron chi connectivity index (χ3n) is 4.76. The smallest absolute Gasteiger partial charge is 0.241 e. The van der Waals surface area contributed by atoms with E-state index in [0.29, 0.717) is 18.0 Å². The molecule has 0 bridgehead atoms. The van der Waals surface area contributed by atoms with Crippen LogP contribution in [0, 0.1) is 0 Å². The van der Waals surface area contributed by atoms with Crippen molar-refractivity contribution in [2.45, 2.75) is 96.3 Å². The first kappa shape index (κ1) is 24.1. The summed E-state index contributed by atoms with van der Waals surface area (Å²) in [4.78, 5) is 0.447. The molecular formula is C22H40N2O2S. The molecule has 0 saturated carbocycles. The van der Waals surface area contributed by atoms with E-state index in [1.54, 1.807) is 0 Å².